The van der Waals surface area contributed by atoms with Gasteiger partial charge in [-0.05, 0) is 74.7 Å². The van der Waals surface area contributed by atoms with E-state index in [1.165, 1.54) is 11.1 Å². The smallest absolute Gasteiger partial charge is 0.407 e. The Bertz CT molecular complexity index is 782. The van der Waals surface area contributed by atoms with E-state index in [2.05, 4.69) is 47.9 Å². The number of amides is 1. The van der Waals surface area contributed by atoms with Crippen molar-refractivity contribution in [1.29, 1.82) is 0 Å². The van der Waals surface area contributed by atoms with Gasteiger partial charge in [-0.2, -0.15) is 0 Å². The molecule has 5 heteroatoms. The Morgan fingerprint density at radius 1 is 1.04 bits per heavy atom. The first-order chi connectivity index (χ1) is 13.3. The standard InChI is InChI=1S/C23H32N2O3/c1-6-17-8-7-9-19(12-17)20-13-18(16-24-5)14-21(15-20)27-11-10-25-22(26)28-23(2,3)4/h7-9,12-15,24H,6,10-11,16H2,1-5H3,(H,25,26). The summed E-state index contributed by atoms with van der Waals surface area (Å²) in [5.74, 6) is 0.788. The fraction of sp³-hybridized carbons (Fsp3) is 0.435. The molecular formula is C23H32N2O3. The van der Waals surface area contributed by atoms with Crippen molar-refractivity contribution in [3.05, 3.63) is 53.6 Å². The second-order valence-electron chi connectivity index (χ2n) is 7.73. The predicted octanol–water partition coefficient (Wildman–Crippen LogP) is 4.54. The van der Waals surface area contributed by atoms with Gasteiger partial charge in [0.05, 0.1) is 6.54 Å². The van der Waals surface area contributed by atoms with Crippen LogP contribution in [0.3, 0.4) is 0 Å². The molecule has 2 aromatic rings. The van der Waals surface area contributed by atoms with Crippen LogP contribution in [0.15, 0.2) is 42.5 Å². The second kappa shape index (κ2) is 10.1. The predicted molar refractivity (Wildman–Crippen MR) is 114 cm³/mol. The molecule has 0 spiro atoms. The van der Waals surface area contributed by atoms with Crippen molar-refractivity contribution in [2.24, 2.45) is 0 Å². The third-order valence-corrected chi connectivity index (χ3v) is 4.05. The van der Waals surface area contributed by atoms with E-state index >= 15 is 0 Å². The highest BCUT2D eigenvalue weighted by Gasteiger charge is 2.15. The van der Waals surface area contributed by atoms with Crippen LogP contribution in [0.5, 0.6) is 5.75 Å². The Morgan fingerprint density at radius 3 is 2.46 bits per heavy atom. The van der Waals surface area contributed by atoms with E-state index in [-0.39, 0.29) is 0 Å². The summed E-state index contributed by atoms with van der Waals surface area (Å²) in [6, 6.07) is 14.8. The van der Waals surface area contributed by atoms with Crippen molar-refractivity contribution in [2.45, 2.75) is 46.3 Å². The van der Waals surface area contributed by atoms with Crippen LogP contribution in [-0.4, -0.2) is 31.9 Å². The molecule has 0 fully saturated rings. The Hall–Kier alpha value is -2.53. The average Bonchev–Trinajstić information content (AvgIpc) is 2.64. The number of aryl methyl sites for hydroxylation is 1. The highest BCUT2D eigenvalue weighted by molar-refractivity contribution is 5.68. The molecule has 0 aliphatic heterocycles. The van der Waals surface area contributed by atoms with E-state index in [0.717, 1.165) is 29.8 Å². The third-order valence-electron chi connectivity index (χ3n) is 4.05. The minimum absolute atomic E-state index is 0.372. The van der Waals surface area contributed by atoms with Gasteiger partial charge in [0.2, 0.25) is 0 Å². The van der Waals surface area contributed by atoms with Gasteiger partial charge in [0.25, 0.3) is 0 Å². The molecule has 0 saturated carbocycles. The van der Waals surface area contributed by atoms with Crippen molar-refractivity contribution in [1.82, 2.24) is 10.6 Å². The van der Waals surface area contributed by atoms with Crippen LogP contribution in [0.25, 0.3) is 11.1 Å². The van der Waals surface area contributed by atoms with E-state index in [1.807, 2.05) is 40.0 Å². The normalized spacial score (nSPS) is 11.2. The first-order valence-electron chi connectivity index (χ1n) is 9.78. The van der Waals surface area contributed by atoms with E-state index in [0.29, 0.717) is 13.2 Å². The molecule has 0 aromatic heterocycles. The van der Waals surface area contributed by atoms with Gasteiger partial charge in [-0.15, -0.1) is 0 Å². The molecule has 0 heterocycles. The molecule has 0 bridgehead atoms. The molecule has 0 atom stereocenters. The quantitative estimate of drug-likeness (QED) is 0.656. The summed E-state index contributed by atoms with van der Waals surface area (Å²) in [6.07, 6.45) is 0.570. The Morgan fingerprint density at radius 2 is 1.79 bits per heavy atom. The van der Waals surface area contributed by atoms with Crippen LogP contribution in [-0.2, 0) is 17.7 Å². The number of carbonyl (C=O) groups is 1. The number of alkyl carbamates (subject to hydrolysis) is 1. The summed E-state index contributed by atoms with van der Waals surface area (Å²) in [4.78, 5) is 11.7. The van der Waals surface area contributed by atoms with Crippen LogP contribution < -0.4 is 15.4 Å². The van der Waals surface area contributed by atoms with Gasteiger partial charge in [0.15, 0.2) is 0 Å². The fourth-order valence-electron chi connectivity index (χ4n) is 2.82. The van der Waals surface area contributed by atoms with E-state index in [1.54, 1.807) is 0 Å². The summed E-state index contributed by atoms with van der Waals surface area (Å²) in [5, 5.41) is 5.90. The van der Waals surface area contributed by atoms with Crippen molar-refractivity contribution in [3.8, 4) is 16.9 Å². The SMILES string of the molecule is CCc1cccc(-c2cc(CNC)cc(OCCNC(=O)OC(C)(C)C)c2)c1. The van der Waals surface area contributed by atoms with Gasteiger partial charge in [-0.1, -0.05) is 31.2 Å². The lowest BCUT2D eigenvalue weighted by Gasteiger charge is -2.19. The number of rotatable bonds is 8. The number of ether oxygens (including phenoxy) is 2. The van der Waals surface area contributed by atoms with E-state index in [9.17, 15) is 4.79 Å². The largest absolute Gasteiger partial charge is 0.492 e. The number of benzene rings is 2. The van der Waals surface area contributed by atoms with Gasteiger partial charge in [0, 0.05) is 6.54 Å². The molecule has 152 valence electrons. The van der Waals surface area contributed by atoms with Crippen molar-refractivity contribution in [2.75, 3.05) is 20.2 Å². The monoisotopic (exact) mass is 384 g/mol. The first kappa shape index (κ1) is 21.8. The molecule has 2 aromatic carbocycles. The topological polar surface area (TPSA) is 59.6 Å². The molecule has 0 aliphatic carbocycles. The molecule has 1 amide bonds. The summed E-state index contributed by atoms with van der Waals surface area (Å²) in [6.45, 7) is 9.18. The minimum atomic E-state index is -0.506. The molecule has 28 heavy (non-hydrogen) atoms. The average molecular weight is 385 g/mol. The number of nitrogens with one attached hydrogen (secondary N) is 2. The lowest BCUT2D eigenvalue weighted by Crippen LogP contribution is -2.34. The summed E-state index contributed by atoms with van der Waals surface area (Å²) in [5.41, 5.74) is 4.25. The maximum absolute atomic E-state index is 11.7. The second-order valence-corrected chi connectivity index (χ2v) is 7.73. The van der Waals surface area contributed by atoms with Crippen LogP contribution >= 0.6 is 0 Å². The maximum Gasteiger partial charge on any atom is 0.407 e. The molecule has 2 rings (SSSR count). The van der Waals surface area contributed by atoms with Gasteiger partial charge >= 0.3 is 6.09 Å². The number of hydrogen-bond acceptors (Lipinski definition) is 4. The maximum atomic E-state index is 11.7. The molecule has 2 N–H and O–H groups in total. The highest BCUT2D eigenvalue weighted by Crippen LogP contribution is 2.27. The lowest BCUT2D eigenvalue weighted by atomic mass is 10.00. The van der Waals surface area contributed by atoms with Crippen LogP contribution in [0.2, 0.25) is 0 Å². The lowest BCUT2D eigenvalue weighted by molar-refractivity contribution is 0.0520. The zero-order valence-electron chi connectivity index (χ0n) is 17.6. The van der Waals surface area contributed by atoms with Crippen LogP contribution in [0, 0.1) is 0 Å². The van der Waals surface area contributed by atoms with Crippen molar-refractivity contribution >= 4 is 6.09 Å². The Balaban J connectivity index is 2.05. The summed E-state index contributed by atoms with van der Waals surface area (Å²) < 4.78 is 11.1. The van der Waals surface area contributed by atoms with Gasteiger partial charge in [-0.3, -0.25) is 0 Å². The molecule has 0 radical (unpaired) electrons. The van der Waals surface area contributed by atoms with Crippen LogP contribution in [0.1, 0.15) is 38.8 Å². The van der Waals surface area contributed by atoms with Crippen LogP contribution in [0.4, 0.5) is 4.79 Å². The molecule has 0 unspecified atom stereocenters. The molecule has 0 aliphatic rings. The van der Waals surface area contributed by atoms with Crippen molar-refractivity contribution in [3.63, 3.8) is 0 Å². The Labute approximate surface area is 168 Å². The first-order valence-corrected chi connectivity index (χ1v) is 9.78. The molecule has 5 nitrogen and oxygen atoms in total. The van der Waals surface area contributed by atoms with E-state index < -0.39 is 11.7 Å². The zero-order valence-corrected chi connectivity index (χ0v) is 17.6. The molecular weight excluding hydrogens is 352 g/mol. The summed E-state index contributed by atoms with van der Waals surface area (Å²) in [7, 11) is 1.93. The van der Waals surface area contributed by atoms with Crippen molar-refractivity contribution < 1.29 is 14.3 Å². The fourth-order valence-corrected chi connectivity index (χ4v) is 2.82. The minimum Gasteiger partial charge on any atom is -0.492 e. The van der Waals surface area contributed by atoms with Gasteiger partial charge in [-0.25, -0.2) is 4.79 Å². The van der Waals surface area contributed by atoms with E-state index in [4.69, 9.17) is 9.47 Å². The van der Waals surface area contributed by atoms with Gasteiger partial charge < -0.3 is 20.1 Å². The highest BCUT2D eigenvalue weighted by atomic mass is 16.6. The molecule has 0 saturated heterocycles. The Kier molecular flexibility index (Phi) is 7.88. The third kappa shape index (κ3) is 7.24. The van der Waals surface area contributed by atoms with Gasteiger partial charge in [0.1, 0.15) is 18.0 Å². The summed E-state index contributed by atoms with van der Waals surface area (Å²) >= 11 is 0. The number of carbonyl (C=O) groups excluding carboxylic acids is 1. The zero-order chi connectivity index (χ0) is 20.6. The number of hydrogen-bond donors (Lipinski definition) is 2.